The van der Waals surface area contributed by atoms with Gasteiger partial charge < -0.3 is 10.1 Å². The minimum atomic E-state index is -4.55. The van der Waals surface area contributed by atoms with Gasteiger partial charge in [-0.25, -0.2) is 0 Å². The van der Waals surface area contributed by atoms with Crippen LogP contribution >= 0.6 is 0 Å². The Morgan fingerprint density at radius 3 is 2.35 bits per heavy atom. The summed E-state index contributed by atoms with van der Waals surface area (Å²) >= 11 is 0. The lowest BCUT2D eigenvalue weighted by Gasteiger charge is -2.23. The summed E-state index contributed by atoms with van der Waals surface area (Å²) in [5.41, 5.74) is 1.61. The number of fused-ring (bicyclic) bond motifs is 1. The summed E-state index contributed by atoms with van der Waals surface area (Å²) in [5, 5.41) is 10.1. The Morgan fingerprint density at radius 1 is 0.962 bits per heavy atom. The van der Waals surface area contributed by atoms with E-state index in [4.69, 9.17) is 4.74 Å². The van der Waals surface area contributed by atoms with Crippen molar-refractivity contribution in [1.82, 2.24) is 19.9 Å². The molecule has 8 heteroatoms. The predicted octanol–water partition coefficient (Wildman–Crippen LogP) is 3.55. The first kappa shape index (κ1) is 16.8. The van der Waals surface area contributed by atoms with Crippen molar-refractivity contribution in [2.45, 2.75) is 25.1 Å². The fraction of sp³-hybridized carbons (Fsp3) is 0.333. The van der Waals surface area contributed by atoms with Crippen molar-refractivity contribution in [1.29, 1.82) is 0 Å². The standard InChI is InChI=1S/C18H17F3N4O/c19-18(20,21)17-24-23-16-6-3-13(11-25(16)17)12-1-4-14(5-2-12)26-15-7-9-22-10-8-15/h1-6,11,15,22H,7-10H2. The van der Waals surface area contributed by atoms with Crippen LogP contribution in [0.1, 0.15) is 18.7 Å². The topological polar surface area (TPSA) is 51.5 Å². The molecule has 26 heavy (non-hydrogen) atoms. The highest BCUT2D eigenvalue weighted by Crippen LogP contribution is 2.30. The van der Waals surface area contributed by atoms with Crippen LogP contribution in [0.5, 0.6) is 5.75 Å². The molecule has 0 radical (unpaired) electrons. The van der Waals surface area contributed by atoms with Gasteiger partial charge in [0.2, 0.25) is 5.82 Å². The summed E-state index contributed by atoms with van der Waals surface area (Å²) in [7, 11) is 0. The van der Waals surface area contributed by atoms with E-state index in [2.05, 4.69) is 15.5 Å². The molecule has 136 valence electrons. The second kappa shape index (κ2) is 6.60. The van der Waals surface area contributed by atoms with Gasteiger partial charge in [0.1, 0.15) is 11.9 Å². The lowest BCUT2D eigenvalue weighted by molar-refractivity contribution is -0.145. The highest BCUT2D eigenvalue weighted by atomic mass is 19.4. The Labute approximate surface area is 147 Å². The number of nitrogens with zero attached hydrogens (tertiary/aromatic N) is 3. The molecule has 1 N–H and O–H groups in total. The van der Waals surface area contributed by atoms with Gasteiger partial charge in [-0.3, -0.25) is 4.40 Å². The van der Waals surface area contributed by atoms with E-state index in [0.29, 0.717) is 5.56 Å². The number of rotatable bonds is 3. The molecular weight excluding hydrogens is 345 g/mol. The highest BCUT2D eigenvalue weighted by molar-refractivity contribution is 5.65. The molecule has 1 aliphatic heterocycles. The van der Waals surface area contributed by atoms with Gasteiger partial charge in [-0.15, -0.1) is 10.2 Å². The summed E-state index contributed by atoms with van der Waals surface area (Å²) in [6.45, 7) is 1.90. The molecule has 0 spiro atoms. The van der Waals surface area contributed by atoms with Crippen LogP contribution in [0, 0.1) is 0 Å². The number of aromatic nitrogens is 3. The zero-order valence-corrected chi connectivity index (χ0v) is 13.8. The second-order valence-corrected chi connectivity index (χ2v) is 6.26. The SMILES string of the molecule is FC(F)(F)c1nnc2ccc(-c3ccc(OC4CCNCC4)cc3)cn12. The molecule has 5 nitrogen and oxygen atoms in total. The van der Waals surface area contributed by atoms with Crippen molar-refractivity contribution in [3.63, 3.8) is 0 Å². The fourth-order valence-electron chi connectivity index (χ4n) is 3.09. The number of piperidine rings is 1. The van der Waals surface area contributed by atoms with Gasteiger partial charge in [0, 0.05) is 6.20 Å². The van der Waals surface area contributed by atoms with E-state index >= 15 is 0 Å². The first-order chi connectivity index (χ1) is 12.5. The highest BCUT2D eigenvalue weighted by Gasteiger charge is 2.36. The summed E-state index contributed by atoms with van der Waals surface area (Å²) < 4.78 is 46.0. The van der Waals surface area contributed by atoms with Crippen LogP contribution in [-0.2, 0) is 6.18 Å². The monoisotopic (exact) mass is 362 g/mol. The van der Waals surface area contributed by atoms with E-state index in [-0.39, 0.29) is 11.8 Å². The minimum Gasteiger partial charge on any atom is -0.490 e. The van der Waals surface area contributed by atoms with E-state index in [1.165, 1.54) is 12.3 Å². The van der Waals surface area contributed by atoms with Crippen LogP contribution in [0.2, 0.25) is 0 Å². The molecule has 0 saturated carbocycles. The van der Waals surface area contributed by atoms with Gasteiger partial charge in [0.15, 0.2) is 5.65 Å². The molecule has 2 aromatic heterocycles. The third kappa shape index (κ3) is 3.37. The van der Waals surface area contributed by atoms with Crippen LogP contribution in [0.4, 0.5) is 13.2 Å². The molecule has 0 atom stereocenters. The number of hydrogen-bond acceptors (Lipinski definition) is 4. The van der Waals surface area contributed by atoms with Crippen LogP contribution in [0.3, 0.4) is 0 Å². The van der Waals surface area contributed by atoms with E-state index in [1.807, 2.05) is 24.3 Å². The summed E-state index contributed by atoms with van der Waals surface area (Å²) in [5.74, 6) is -0.262. The van der Waals surface area contributed by atoms with E-state index in [0.717, 1.165) is 41.6 Å². The predicted molar refractivity (Wildman–Crippen MR) is 89.9 cm³/mol. The van der Waals surface area contributed by atoms with Crippen molar-refractivity contribution < 1.29 is 17.9 Å². The Morgan fingerprint density at radius 2 is 1.65 bits per heavy atom. The van der Waals surface area contributed by atoms with E-state index in [9.17, 15) is 13.2 Å². The molecule has 0 aliphatic carbocycles. The van der Waals surface area contributed by atoms with Gasteiger partial charge >= 0.3 is 6.18 Å². The number of alkyl halides is 3. The number of benzene rings is 1. The van der Waals surface area contributed by atoms with E-state index in [1.54, 1.807) is 6.07 Å². The summed E-state index contributed by atoms with van der Waals surface area (Å²) in [6.07, 6.45) is -1.02. The fourth-order valence-corrected chi connectivity index (χ4v) is 3.09. The van der Waals surface area contributed by atoms with Crippen molar-refractivity contribution in [2.24, 2.45) is 0 Å². The Hall–Kier alpha value is -2.61. The molecule has 0 unspecified atom stereocenters. The van der Waals surface area contributed by atoms with Gasteiger partial charge in [-0.2, -0.15) is 13.2 Å². The molecule has 1 aromatic carbocycles. The quantitative estimate of drug-likeness (QED) is 0.774. The number of halogens is 3. The first-order valence-electron chi connectivity index (χ1n) is 8.40. The lowest BCUT2D eigenvalue weighted by atomic mass is 10.1. The van der Waals surface area contributed by atoms with Crippen LogP contribution in [0.25, 0.3) is 16.8 Å². The summed E-state index contributed by atoms with van der Waals surface area (Å²) in [6, 6.07) is 10.6. The van der Waals surface area contributed by atoms with Crippen molar-refractivity contribution >= 4 is 5.65 Å². The lowest BCUT2D eigenvalue weighted by Crippen LogP contribution is -2.34. The molecule has 3 aromatic rings. The van der Waals surface area contributed by atoms with Crippen molar-refractivity contribution in [3.8, 4) is 16.9 Å². The summed E-state index contributed by atoms with van der Waals surface area (Å²) in [4.78, 5) is 0. The minimum absolute atomic E-state index is 0.159. The number of nitrogens with one attached hydrogen (secondary N) is 1. The maximum atomic E-state index is 13.0. The molecule has 0 amide bonds. The van der Waals surface area contributed by atoms with Crippen molar-refractivity contribution in [3.05, 3.63) is 48.4 Å². The number of ether oxygens (including phenoxy) is 1. The molecule has 1 fully saturated rings. The Bertz CT molecular complexity index is 899. The van der Waals surface area contributed by atoms with Gasteiger partial charge in [-0.05, 0) is 61.3 Å². The second-order valence-electron chi connectivity index (χ2n) is 6.26. The smallest absolute Gasteiger partial charge is 0.452 e. The van der Waals surface area contributed by atoms with Gasteiger partial charge in [0.05, 0.1) is 0 Å². The number of hydrogen-bond donors (Lipinski definition) is 1. The average Bonchev–Trinajstić information content (AvgIpc) is 3.07. The average molecular weight is 362 g/mol. The maximum absolute atomic E-state index is 13.0. The van der Waals surface area contributed by atoms with Crippen LogP contribution in [0.15, 0.2) is 42.6 Å². The van der Waals surface area contributed by atoms with Crippen molar-refractivity contribution in [2.75, 3.05) is 13.1 Å². The van der Waals surface area contributed by atoms with Gasteiger partial charge in [0.25, 0.3) is 0 Å². The first-order valence-corrected chi connectivity index (χ1v) is 8.40. The number of pyridine rings is 1. The molecule has 4 rings (SSSR count). The molecule has 1 aliphatic rings. The molecule has 0 bridgehead atoms. The largest absolute Gasteiger partial charge is 0.490 e. The maximum Gasteiger partial charge on any atom is 0.452 e. The molecule has 3 heterocycles. The van der Waals surface area contributed by atoms with E-state index < -0.39 is 12.0 Å². The van der Waals surface area contributed by atoms with Crippen LogP contribution in [-0.4, -0.2) is 33.8 Å². The zero-order valence-electron chi connectivity index (χ0n) is 13.8. The third-order valence-electron chi connectivity index (χ3n) is 4.43. The molecule has 1 saturated heterocycles. The third-order valence-corrected chi connectivity index (χ3v) is 4.43. The molecular formula is C18H17F3N4O. The van der Waals surface area contributed by atoms with Crippen LogP contribution < -0.4 is 10.1 Å². The zero-order chi connectivity index (χ0) is 18.1. The normalized spacial score (nSPS) is 16.1. The Balaban J connectivity index is 1.58. The Kier molecular flexibility index (Phi) is 4.28. The van der Waals surface area contributed by atoms with Gasteiger partial charge in [-0.1, -0.05) is 12.1 Å².